The minimum absolute atomic E-state index is 0.0267. The van der Waals surface area contributed by atoms with Crippen molar-refractivity contribution < 1.29 is 14.1 Å². The molecule has 1 aromatic carbocycles. The van der Waals surface area contributed by atoms with Crippen molar-refractivity contribution in [2.75, 3.05) is 0 Å². The number of aliphatic imine (C=N–C) groups is 1. The van der Waals surface area contributed by atoms with Crippen LogP contribution in [0.15, 0.2) is 63.0 Å². The lowest BCUT2D eigenvalue weighted by Crippen LogP contribution is -2.40. The monoisotopic (exact) mass is 522 g/mol. The van der Waals surface area contributed by atoms with E-state index in [1.54, 1.807) is 60.5 Å². The molecule has 2 aliphatic rings. The highest BCUT2D eigenvalue weighted by atomic mass is 35.5. The van der Waals surface area contributed by atoms with Gasteiger partial charge >= 0.3 is 0 Å². The number of hydrogen-bond donors (Lipinski definition) is 0. The predicted molar refractivity (Wildman–Crippen MR) is 141 cm³/mol. The number of nitro benzene ring substituents is 1. The van der Waals surface area contributed by atoms with E-state index in [9.17, 15) is 14.9 Å². The zero-order valence-electron chi connectivity index (χ0n) is 19.5. The summed E-state index contributed by atoms with van der Waals surface area (Å²) < 4.78 is 5.93. The Balaban J connectivity index is 1.49. The lowest BCUT2D eigenvalue weighted by Gasteiger charge is -2.30. The maximum absolute atomic E-state index is 13.5. The fraction of sp³-hybridized carbons (Fsp3) is 0.269. The molecule has 5 rings (SSSR count). The van der Waals surface area contributed by atoms with E-state index >= 15 is 0 Å². The molecular formula is C26H23ClN4O4S. The lowest BCUT2D eigenvalue weighted by atomic mass is 9.94. The molecule has 1 amide bonds. The molecule has 1 saturated heterocycles. The number of carbonyl (C=O) groups is 1. The molecule has 10 heteroatoms. The first-order chi connectivity index (χ1) is 17.4. The zero-order valence-corrected chi connectivity index (χ0v) is 21.1. The molecule has 184 valence electrons. The molecular weight excluding hydrogens is 500 g/mol. The minimum atomic E-state index is -0.423. The molecule has 3 heterocycles. The van der Waals surface area contributed by atoms with E-state index in [0.717, 1.165) is 37.7 Å². The van der Waals surface area contributed by atoms with Gasteiger partial charge in [-0.3, -0.25) is 19.8 Å². The molecule has 2 aromatic heterocycles. The van der Waals surface area contributed by atoms with Crippen LogP contribution in [0, 0.1) is 17.0 Å². The molecule has 1 aliphatic carbocycles. The van der Waals surface area contributed by atoms with Crippen LogP contribution in [0.2, 0.25) is 5.15 Å². The number of rotatable bonds is 5. The van der Waals surface area contributed by atoms with Gasteiger partial charge in [-0.1, -0.05) is 36.9 Å². The van der Waals surface area contributed by atoms with Gasteiger partial charge in [0.05, 0.1) is 15.4 Å². The number of halogens is 1. The molecule has 0 bridgehead atoms. The number of pyridine rings is 1. The first kappa shape index (κ1) is 24.3. The minimum Gasteiger partial charge on any atom is -0.456 e. The summed E-state index contributed by atoms with van der Waals surface area (Å²) in [6, 6.07) is 12.0. The molecule has 8 nitrogen and oxygen atoms in total. The third kappa shape index (κ3) is 4.94. The Labute approximate surface area is 217 Å². The number of aromatic nitrogens is 1. The van der Waals surface area contributed by atoms with Crippen LogP contribution in [0.3, 0.4) is 0 Å². The Hall–Kier alpha value is -3.43. The summed E-state index contributed by atoms with van der Waals surface area (Å²) in [6.07, 6.45) is 8.39. The Morgan fingerprint density at radius 3 is 2.78 bits per heavy atom. The first-order valence-electron chi connectivity index (χ1n) is 11.7. The quantitative estimate of drug-likeness (QED) is 0.152. The van der Waals surface area contributed by atoms with Crippen LogP contribution < -0.4 is 0 Å². The summed E-state index contributed by atoms with van der Waals surface area (Å²) in [7, 11) is 0. The van der Waals surface area contributed by atoms with Crippen molar-refractivity contribution in [2.45, 2.75) is 45.1 Å². The molecule has 0 spiro atoms. The highest BCUT2D eigenvalue weighted by molar-refractivity contribution is 8.18. The summed E-state index contributed by atoms with van der Waals surface area (Å²) in [6.45, 7) is 1.80. The summed E-state index contributed by atoms with van der Waals surface area (Å²) >= 11 is 7.50. The van der Waals surface area contributed by atoms with E-state index in [1.165, 1.54) is 17.8 Å². The highest BCUT2D eigenvalue weighted by Gasteiger charge is 2.39. The van der Waals surface area contributed by atoms with Crippen LogP contribution >= 0.6 is 23.4 Å². The number of hydrogen-bond acceptors (Lipinski definition) is 7. The number of amidine groups is 1. The van der Waals surface area contributed by atoms with Crippen molar-refractivity contribution in [3.8, 4) is 11.3 Å². The van der Waals surface area contributed by atoms with Gasteiger partial charge in [0, 0.05) is 24.4 Å². The maximum Gasteiger partial charge on any atom is 0.280 e. The average molecular weight is 523 g/mol. The van der Waals surface area contributed by atoms with Crippen LogP contribution in [0.25, 0.3) is 17.4 Å². The Morgan fingerprint density at radius 2 is 2.03 bits per heavy atom. The van der Waals surface area contributed by atoms with Crippen molar-refractivity contribution in [1.82, 2.24) is 9.88 Å². The molecule has 0 atom stereocenters. The van der Waals surface area contributed by atoms with Gasteiger partial charge in [-0.15, -0.1) is 0 Å². The zero-order chi connectivity index (χ0) is 25.2. The number of amides is 1. The summed E-state index contributed by atoms with van der Waals surface area (Å²) in [5.74, 6) is 0.661. The first-order valence-corrected chi connectivity index (χ1v) is 12.9. The van der Waals surface area contributed by atoms with Crippen LogP contribution in [0.4, 0.5) is 11.4 Å². The second kappa shape index (κ2) is 10.3. The van der Waals surface area contributed by atoms with Gasteiger partial charge in [0.1, 0.15) is 17.2 Å². The second-order valence-corrected chi connectivity index (χ2v) is 10.1. The molecule has 3 aromatic rings. The molecule has 0 unspecified atom stereocenters. The fourth-order valence-corrected chi connectivity index (χ4v) is 5.69. The molecule has 1 saturated carbocycles. The van der Waals surface area contributed by atoms with Crippen LogP contribution in [0.1, 0.15) is 43.4 Å². The van der Waals surface area contributed by atoms with E-state index < -0.39 is 4.92 Å². The molecule has 0 N–H and O–H groups in total. The summed E-state index contributed by atoms with van der Waals surface area (Å²) in [5.41, 5.74) is 1.65. The summed E-state index contributed by atoms with van der Waals surface area (Å²) in [5, 5.41) is 12.4. The van der Waals surface area contributed by atoms with Crippen molar-refractivity contribution in [3.63, 3.8) is 0 Å². The van der Waals surface area contributed by atoms with Gasteiger partial charge in [0.2, 0.25) is 0 Å². The van der Waals surface area contributed by atoms with Crippen LogP contribution in [-0.4, -0.2) is 31.9 Å². The topological polar surface area (TPSA) is 102 Å². The number of furan rings is 1. The Kier molecular flexibility index (Phi) is 6.93. The fourth-order valence-electron chi connectivity index (χ4n) is 4.50. The molecule has 2 fully saturated rings. The number of nitro groups is 1. The molecule has 1 aliphatic heterocycles. The van der Waals surface area contributed by atoms with Gasteiger partial charge in [-0.25, -0.2) is 9.98 Å². The second-order valence-electron chi connectivity index (χ2n) is 8.77. The normalized spacial score (nSPS) is 18.9. The van der Waals surface area contributed by atoms with E-state index in [-0.39, 0.29) is 22.8 Å². The van der Waals surface area contributed by atoms with Crippen LogP contribution in [-0.2, 0) is 4.79 Å². The Bertz CT molecular complexity index is 1390. The number of nitrogens with zero attached hydrogens (tertiary/aromatic N) is 4. The smallest absolute Gasteiger partial charge is 0.280 e. The van der Waals surface area contributed by atoms with E-state index in [2.05, 4.69) is 4.98 Å². The van der Waals surface area contributed by atoms with Crippen molar-refractivity contribution >= 4 is 51.9 Å². The maximum atomic E-state index is 13.5. The third-order valence-electron chi connectivity index (χ3n) is 6.25. The van der Waals surface area contributed by atoms with E-state index in [0.29, 0.717) is 32.8 Å². The number of carbonyl (C=O) groups excluding carboxylic acids is 1. The predicted octanol–water partition coefficient (Wildman–Crippen LogP) is 7.15. The van der Waals surface area contributed by atoms with Crippen molar-refractivity contribution in [2.24, 2.45) is 4.99 Å². The van der Waals surface area contributed by atoms with Gasteiger partial charge in [-0.2, -0.15) is 0 Å². The van der Waals surface area contributed by atoms with Gasteiger partial charge < -0.3 is 4.42 Å². The van der Waals surface area contributed by atoms with E-state index in [1.807, 2.05) is 0 Å². The largest absolute Gasteiger partial charge is 0.456 e. The van der Waals surface area contributed by atoms with Gasteiger partial charge in [-0.05, 0) is 67.4 Å². The standard InChI is InChI=1S/C26H23ClN4O4S/c1-16-9-11-19(21(14-16)31(33)34)22-12-10-18(35-22)15-23-25(32)30(17-6-3-2-4-7-17)26(36-23)29-20-8-5-13-28-24(20)27/h5,8-15,17H,2-4,6-7H2,1H3/b23-15+,29-26?. The third-order valence-corrected chi connectivity index (χ3v) is 7.52. The molecule has 36 heavy (non-hydrogen) atoms. The molecule has 0 radical (unpaired) electrons. The van der Waals surface area contributed by atoms with Gasteiger partial charge in [0.25, 0.3) is 11.6 Å². The average Bonchev–Trinajstić information content (AvgIpc) is 3.45. The van der Waals surface area contributed by atoms with Crippen molar-refractivity contribution in [3.05, 3.63) is 80.2 Å². The van der Waals surface area contributed by atoms with Crippen molar-refractivity contribution in [1.29, 1.82) is 0 Å². The Morgan fingerprint density at radius 1 is 1.22 bits per heavy atom. The number of benzene rings is 1. The SMILES string of the molecule is Cc1ccc(-c2ccc(/C=C3/SC(=Nc4cccnc4Cl)N(C4CCCCC4)C3=O)o2)c([N+](=O)[O-])c1. The summed E-state index contributed by atoms with van der Waals surface area (Å²) in [4.78, 5) is 35.7. The van der Waals surface area contributed by atoms with E-state index in [4.69, 9.17) is 21.0 Å². The highest BCUT2D eigenvalue weighted by Crippen LogP contribution is 2.40. The number of thioether (sulfide) groups is 1. The van der Waals surface area contributed by atoms with Gasteiger partial charge in [0.15, 0.2) is 10.3 Å². The lowest BCUT2D eigenvalue weighted by molar-refractivity contribution is -0.384. The van der Waals surface area contributed by atoms with Crippen LogP contribution in [0.5, 0.6) is 0 Å². The number of aryl methyl sites for hydroxylation is 1.